The zero-order chi connectivity index (χ0) is 15.8. The number of thiophene rings is 1. The number of nitrogens with zero attached hydrogens (tertiary/aromatic N) is 2. The highest BCUT2D eigenvalue weighted by Gasteiger charge is 2.22. The summed E-state index contributed by atoms with van der Waals surface area (Å²) in [6, 6.07) is 10.5. The quantitative estimate of drug-likeness (QED) is 0.754. The maximum absolute atomic E-state index is 11.0. The Kier molecular flexibility index (Phi) is 3.46. The number of fused-ring (bicyclic) bond motifs is 1. The minimum absolute atomic E-state index is 0.546. The number of aromatic nitrogens is 1. The molecule has 1 aromatic carbocycles. The second kappa shape index (κ2) is 5.62. The van der Waals surface area contributed by atoms with Crippen LogP contribution < -0.4 is 4.90 Å². The highest BCUT2D eigenvalue weighted by Crippen LogP contribution is 2.36. The monoisotopic (exact) mass is 327 g/mol. The average Bonchev–Trinajstić information content (AvgIpc) is 3.23. The summed E-state index contributed by atoms with van der Waals surface area (Å²) in [7, 11) is 0. The molecule has 0 atom stereocenters. The Morgan fingerprint density at radius 3 is 2.65 bits per heavy atom. The van der Waals surface area contributed by atoms with Crippen molar-refractivity contribution in [1.82, 2.24) is 9.88 Å². The first kappa shape index (κ1) is 14.1. The normalized spacial score (nSPS) is 15.3. The van der Waals surface area contributed by atoms with Crippen molar-refractivity contribution in [2.45, 2.75) is 0 Å². The van der Waals surface area contributed by atoms with Gasteiger partial charge in [-0.1, -0.05) is 18.2 Å². The zero-order valence-electron chi connectivity index (χ0n) is 12.5. The van der Waals surface area contributed by atoms with Crippen LogP contribution in [0.15, 0.2) is 41.9 Å². The Morgan fingerprint density at radius 1 is 1.13 bits per heavy atom. The first-order valence-electron chi connectivity index (χ1n) is 7.61. The number of carboxylic acid groups (broad SMARTS) is 1. The third kappa shape index (κ3) is 2.45. The lowest BCUT2D eigenvalue weighted by Crippen LogP contribution is -2.48. The van der Waals surface area contributed by atoms with Gasteiger partial charge in [0.2, 0.25) is 0 Å². The van der Waals surface area contributed by atoms with Gasteiger partial charge in [0.15, 0.2) is 0 Å². The lowest BCUT2D eigenvalue weighted by atomic mass is 10.1. The molecule has 23 heavy (non-hydrogen) atoms. The molecule has 3 heterocycles. The van der Waals surface area contributed by atoms with Gasteiger partial charge in [-0.3, -0.25) is 0 Å². The van der Waals surface area contributed by atoms with Crippen LogP contribution in [0.5, 0.6) is 0 Å². The smallest absolute Gasteiger partial charge is 0.407 e. The van der Waals surface area contributed by atoms with E-state index in [1.54, 1.807) is 11.3 Å². The molecule has 0 spiro atoms. The Labute approximate surface area is 137 Å². The molecule has 118 valence electrons. The van der Waals surface area contributed by atoms with E-state index in [0.29, 0.717) is 13.1 Å². The summed E-state index contributed by atoms with van der Waals surface area (Å²) in [5.41, 5.74) is 3.50. The van der Waals surface area contributed by atoms with Gasteiger partial charge in [-0.15, -0.1) is 11.3 Å². The molecule has 3 aromatic rings. The number of para-hydroxylation sites is 1. The second-order valence-corrected chi connectivity index (χ2v) is 6.58. The summed E-state index contributed by atoms with van der Waals surface area (Å²) in [4.78, 5) is 19.4. The minimum atomic E-state index is -0.831. The number of hydrogen-bond donors (Lipinski definition) is 2. The van der Waals surface area contributed by atoms with Crippen molar-refractivity contribution < 1.29 is 9.90 Å². The first-order chi connectivity index (χ1) is 11.2. The number of benzene rings is 1. The predicted octanol–water partition coefficient (Wildman–Crippen LogP) is 3.70. The van der Waals surface area contributed by atoms with Crippen LogP contribution in [-0.4, -0.2) is 47.3 Å². The highest BCUT2D eigenvalue weighted by atomic mass is 32.1. The number of piperazine rings is 1. The number of amides is 1. The Hall–Kier alpha value is -2.47. The van der Waals surface area contributed by atoms with Gasteiger partial charge in [0.25, 0.3) is 0 Å². The van der Waals surface area contributed by atoms with Crippen LogP contribution in [0.4, 0.5) is 10.5 Å². The number of rotatable bonds is 2. The summed E-state index contributed by atoms with van der Waals surface area (Å²) in [5, 5.41) is 12.4. The highest BCUT2D eigenvalue weighted by molar-refractivity contribution is 7.13. The summed E-state index contributed by atoms with van der Waals surface area (Å²) in [6.07, 6.45) is 1.23. The van der Waals surface area contributed by atoms with Crippen LogP contribution in [0, 0.1) is 0 Å². The van der Waals surface area contributed by atoms with Crippen molar-refractivity contribution in [2.24, 2.45) is 0 Å². The maximum atomic E-state index is 11.0. The number of H-pyrrole nitrogens is 1. The van der Waals surface area contributed by atoms with Crippen LogP contribution in [0.3, 0.4) is 0 Å². The third-order valence-corrected chi connectivity index (χ3v) is 5.27. The molecule has 1 aliphatic heterocycles. The molecule has 1 amide bonds. The fraction of sp³-hybridized carbons (Fsp3) is 0.235. The van der Waals surface area contributed by atoms with E-state index < -0.39 is 6.09 Å². The van der Waals surface area contributed by atoms with Crippen molar-refractivity contribution in [3.8, 4) is 10.4 Å². The van der Waals surface area contributed by atoms with Gasteiger partial charge in [-0.05, 0) is 17.5 Å². The molecule has 2 N–H and O–H groups in total. The van der Waals surface area contributed by atoms with Crippen molar-refractivity contribution in [3.63, 3.8) is 0 Å². The van der Waals surface area contributed by atoms with Crippen LogP contribution in [0.2, 0.25) is 0 Å². The molecular formula is C17H17N3O2S. The molecule has 0 bridgehead atoms. The SMILES string of the molecule is O=C(O)N1CCN(c2cccc3c(-c4cccs4)c[nH]c23)CC1. The van der Waals surface area contributed by atoms with Gasteiger partial charge in [-0.2, -0.15) is 0 Å². The van der Waals surface area contributed by atoms with Crippen LogP contribution in [-0.2, 0) is 0 Å². The summed E-state index contributed by atoms with van der Waals surface area (Å²) in [5.74, 6) is 0. The third-order valence-electron chi connectivity index (χ3n) is 4.37. The lowest BCUT2D eigenvalue weighted by molar-refractivity contribution is 0.142. The topological polar surface area (TPSA) is 59.6 Å². The molecule has 1 aliphatic rings. The molecule has 0 radical (unpaired) electrons. The molecular weight excluding hydrogens is 310 g/mol. The Bertz CT molecular complexity index is 833. The standard InChI is InChI=1S/C17H17N3O2S/c21-17(22)20-8-6-19(7-9-20)14-4-1-3-12-13(11-18-16(12)14)15-5-2-10-23-15/h1-5,10-11,18H,6-9H2,(H,21,22). The van der Waals surface area contributed by atoms with Crippen LogP contribution in [0.1, 0.15) is 0 Å². The first-order valence-corrected chi connectivity index (χ1v) is 8.49. The van der Waals surface area contributed by atoms with E-state index in [4.69, 9.17) is 5.11 Å². The Morgan fingerprint density at radius 2 is 1.96 bits per heavy atom. The van der Waals surface area contributed by atoms with Gasteiger partial charge in [-0.25, -0.2) is 4.79 Å². The molecule has 1 saturated heterocycles. The maximum Gasteiger partial charge on any atom is 0.407 e. The number of anilines is 1. The fourth-order valence-electron chi connectivity index (χ4n) is 3.18. The summed E-state index contributed by atoms with van der Waals surface area (Å²) >= 11 is 1.73. The van der Waals surface area contributed by atoms with Crippen molar-refractivity contribution in [1.29, 1.82) is 0 Å². The Balaban J connectivity index is 1.68. The molecule has 5 nitrogen and oxygen atoms in total. The van der Waals surface area contributed by atoms with E-state index >= 15 is 0 Å². The molecule has 2 aromatic heterocycles. The van der Waals surface area contributed by atoms with Gasteiger partial charge >= 0.3 is 6.09 Å². The van der Waals surface area contributed by atoms with Crippen molar-refractivity contribution in [2.75, 3.05) is 31.1 Å². The second-order valence-electron chi connectivity index (χ2n) is 5.64. The van der Waals surface area contributed by atoms with E-state index in [1.807, 2.05) is 0 Å². The number of hydrogen-bond acceptors (Lipinski definition) is 3. The zero-order valence-corrected chi connectivity index (χ0v) is 13.3. The number of nitrogens with one attached hydrogen (secondary N) is 1. The van der Waals surface area contributed by atoms with E-state index in [2.05, 4.69) is 51.8 Å². The van der Waals surface area contributed by atoms with Gasteiger partial charge in [0, 0.05) is 48.2 Å². The predicted molar refractivity (Wildman–Crippen MR) is 93.4 cm³/mol. The largest absolute Gasteiger partial charge is 0.465 e. The lowest BCUT2D eigenvalue weighted by Gasteiger charge is -2.34. The van der Waals surface area contributed by atoms with Gasteiger partial charge in [0.05, 0.1) is 11.2 Å². The molecule has 0 aliphatic carbocycles. The van der Waals surface area contributed by atoms with E-state index in [0.717, 1.165) is 24.3 Å². The van der Waals surface area contributed by atoms with Gasteiger partial charge < -0.3 is 19.9 Å². The number of carbonyl (C=O) groups is 1. The van der Waals surface area contributed by atoms with Crippen molar-refractivity contribution in [3.05, 3.63) is 41.9 Å². The summed E-state index contributed by atoms with van der Waals surface area (Å²) < 4.78 is 0. The molecule has 0 unspecified atom stereocenters. The van der Waals surface area contributed by atoms with E-state index in [-0.39, 0.29) is 0 Å². The molecule has 4 rings (SSSR count). The molecule has 6 heteroatoms. The van der Waals surface area contributed by atoms with Crippen LogP contribution in [0.25, 0.3) is 21.3 Å². The molecule has 0 saturated carbocycles. The van der Waals surface area contributed by atoms with E-state index in [1.165, 1.54) is 20.7 Å². The minimum Gasteiger partial charge on any atom is -0.465 e. The van der Waals surface area contributed by atoms with Crippen molar-refractivity contribution >= 4 is 34.0 Å². The van der Waals surface area contributed by atoms with Gasteiger partial charge in [0.1, 0.15) is 0 Å². The average molecular weight is 327 g/mol. The summed E-state index contributed by atoms with van der Waals surface area (Å²) in [6.45, 7) is 2.53. The van der Waals surface area contributed by atoms with E-state index in [9.17, 15) is 4.79 Å². The molecule has 1 fully saturated rings. The fourth-order valence-corrected chi connectivity index (χ4v) is 3.93. The van der Waals surface area contributed by atoms with Crippen LogP contribution >= 0.6 is 11.3 Å². The number of aromatic amines is 1.